The molecule has 3 aliphatic heterocycles. The second-order valence-corrected chi connectivity index (χ2v) is 6.58. The molecule has 0 radical (unpaired) electrons. The molecule has 3 heterocycles. The van der Waals surface area contributed by atoms with E-state index in [-0.39, 0.29) is 17.3 Å². The first-order valence-corrected chi connectivity index (χ1v) is 6.04. The van der Waals surface area contributed by atoms with Gasteiger partial charge in [0.25, 0.3) is 0 Å². The molecule has 0 amide bonds. The molecule has 4 aliphatic rings. The van der Waals surface area contributed by atoms with E-state index in [2.05, 4.69) is 13.8 Å². The Balaban J connectivity index is 2.09. The third-order valence-corrected chi connectivity index (χ3v) is 3.78. The Kier molecular flexibility index (Phi) is 2.01. The summed E-state index contributed by atoms with van der Waals surface area (Å²) in [6.07, 6.45) is 2.77. The fourth-order valence-corrected chi connectivity index (χ4v) is 3.04. The van der Waals surface area contributed by atoms with Crippen molar-refractivity contribution in [1.82, 2.24) is 0 Å². The average molecular weight is 238 g/mol. The number of rotatable bonds is 0. The fourth-order valence-electron chi connectivity index (χ4n) is 3.04. The van der Waals surface area contributed by atoms with Crippen LogP contribution in [-0.4, -0.2) is 23.3 Å². The molecule has 1 saturated carbocycles. The van der Waals surface area contributed by atoms with Crippen molar-refractivity contribution in [3.8, 4) is 0 Å². The van der Waals surface area contributed by atoms with Crippen molar-refractivity contribution in [1.29, 1.82) is 0 Å². The van der Waals surface area contributed by atoms with Gasteiger partial charge in [-0.15, -0.1) is 0 Å². The lowest BCUT2D eigenvalue weighted by molar-refractivity contribution is -0.512. The van der Waals surface area contributed by atoms with Gasteiger partial charge in [0.05, 0.1) is 11.2 Å². The Morgan fingerprint density at radius 1 is 1.29 bits per heavy atom. The predicted molar refractivity (Wildman–Crippen MR) is 60.0 cm³/mol. The molecular formula is C13H18O4. The van der Waals surface area contributed by atoms with Crippen LogP contribution >= 0.6 is 0 Å². The van der Waals surface area contributed by atoms with Crippen molar-refractivity contribution in [2.75, 3.05) is 0 Å². The van der Waals surface area contributed by atoms with E-state index in [0.29, 0.717) is 18.4 Å². The van der Waals surface area contributed by atoms with Crippen LogP contribution < -0.4 is 0 Å². The minimum atomic E-state index is -0.989. The molecule has 4 nitrogen and oxygen atoms in total. The van der Waals surface area contributed by atoms with Gasteiger partial charge in [0, 0.05) is 12.8 Å². The average Bonchev–Trinajstić information content (AvgIpc) is 2.12. The maximum atomic E-state index is 12.2. The molecule has 1 spiro atoms. The zero-order chi connectivity index (χ0) is 12.5. The summed E-state index contributed by atoms with van der Waals surface area (Å²) in [5.41, 5.74) is 0.0698. The molecule has 2 fully saturated rings. The van der Waals surface area contributed by atoms with Crippen LogP contribution in [0, 0.1) is 5.41 Å². The molecule has 94 valence electrons. The lowest BCUT2D eigenvalue weighted by Crippen LogP contribution is -2.64. The van der Waals surface area contributed by atoms with Crippen molar-refractivity contribution in [2.24, 2.45) is 5.41 Å². The third kappa shape index (κ3) is 1.51. The summed E-state index contributed by atoms with van der Waals surface area (Å²) in [4.78, 5) is 22.9. The lowest BCUT2D eigenvalue weighted by Gasteiger charge is -2.55. The van der Waals surface area contributed by atoms with E-state index in [1.807, 2.05) is 19.9 Å². The molecular weight excluding hydrogens is 220 g/mol. The highest BCUT2D eigenvalue weighted by Crippen LogP contribution is 2.53. The molecule has 0 unspecified atom stereocenters. The molecule has 0 N–H and O–H groups in total. The van der Waals surface area contributed by atoms with Crippen molar-refractivity contribution in [2.45, 2.75) is 58.0 Å². The SMILES string of the molecule is CC1(C)CC(=O)C2=C[C@H]3OO[C@]2(C1)OC3(C)C. The maximum Gasteiger partial charge on any atom is 0.232 e. The third-order valence-electron chi connectivity index (χ3n) is 3.78. The van der Waals surface area contributed by atoms with E-state index >= 15 is 0 Å². The molecule has 4 rings (SSSR count). The summed E-state index contributed by atoms with van der Waals surface area (Å²) in [7, 11) is 0. The number of carbonyl (C=O) groups is 1. The number of carbonyl (C=O) groups excluding carboxylic acids is 1. The van der Waals surface area contributed by atoms with E-state index < -0.39 is 11.4 Å². The first kappa shape index (κ1) is 11.4. The van der Waals surface area contributed by atoms with Crippen molar-refractivity contribution in [3.05, 3.63) is 11.6 Å². The summed E-state index contributed by atoms with van der Waals surface area (Å²) < 4.78 is 6.03. The lowest BCUT2D eigenvalue weighted by atomic mass is 9.69. The summed E-state index contributed by atoms with van der Waals surface area (Å²) in [6, 6.07) is 0. The standard InChI is InChI=1S/C13H18O4/c1-11(2)6-9(14)8-5-10-12(3,4)16-13(8,7-11)17-15-10/h5,10H,6-7H2,1-4H3/t10-,13+/m1/s1. The summed E-state index contributed by atoms with van der Waals surface area (Å²) >= 11 is 0. The van der Waals surface area contributed by atoms with Gasteiger partial charge in [-0.05, 0) is 25.3 Å². The predicted octanol–water partition coefficient (Wildman–Crippen LogP) is 2.14. The van der Waals surface area contributed by atoms with Crippen LogP contribution in [0.5, 0.6) is 0 Å². The van der Waals surface area contributed by atoms with Gasteiger partial charge in [-0.25, -0.2) is 4.89 Å². The van der Waals surface area contributed by atoms with Crippen LogP contribution in [0.25, 0.3) is 0 Å². The molecule has 0 aromatic rings. The van der Waals surface area contributed by atoms with Crippen molar-refractivity contribution in [3.63, 3.8) is 0 Å². The second kappa shape index (κ2) is 2.99. The molecule has 4 heteroatoms. The highest BCUT2D eigenvalue weighted by molar-refractivity contribution is 5.98. The Bertz CT molecular complexity index is 421. The Morgan fingerprint density at radius 3 is 2.65 bits per heavy atom. The van der Waals surface area contributed by atoms with Crippen LogP contribution in [0.1, 0.15) is 40.5 Å². The Hall–Kier alpha value is -0.710. The fraction of sp³-hybridized carbons (Fsp3) is 0.769. The smallest absolute Gasteiger partial charge is 0.232 e. The highest BCUT2D eigenvalue weighted by Gasteiger charge is 2.61. The van der Waals surface area contributed by atoms with Gasteiger partial charge in [-0.2, -0.15) is 4.89 Å². The number of Topliss-reactive ketones (excluding diaryl/α,β-unsaturated/α-hetero) is 1. The molecule has 2 atom stereocenters. The monoisotopic (exact) mass is 238 g/mol. The number of ether oxygens (including phenoxy) is 1. The molecule has 0 aromatic carbocycles. The first-order valence-electron chi connectivity index (χ1n) is 6.04. The topological polar surface area (TPSA) is 44.8 Å². The minimum absolute atomic E-state index is 0.116. The van der Waals surface area contributed by atoms with Gasteiger partial charge in [-0.1, -0.05) is 13.8 Å². The largest absolute Gasteiger partial charge is 0.334 e. The van der Waals surface area contributed by atoms with E-state index in [1.54, 1.807) is 0 Å². The summed E-state index contributed by atoms with van der Waals surface area (Å²) in [5, 5.41) is 0. The first-order chi connectivity index (χ1) is 7.74. The molecule has 0 aromatic heterocycles. The van der Waals surface area contributed by atoms with Gasteiger partial charge < -0.3 is 4.74 Å². The number of hydrogen-bond donors (Lipinski definition) is 0. The van der Waals surface area contributed by atoms with Gasteiger partial charge >= 0.3 is 0 Å². The Morgan fingerprint density at radius 2 is 2.00 bits per heavy atom. The zero-order valence-corrected chi connectivity index (χ0v) is 10.7. The molecule has 2 bridgehead atoms. The summed E-state index contributed by atoms with van der Waals surface area (Å²) in [6.45, 7) is 8.02. The van der Waals surface area contributed by atoms with Crippen LogP contribution in [-0.2, 0) is 19.3 Å². The zero-order valence-electron chi connectivity index (χ0n) is 10.7. The molecule has 1 aliphatic carbocycles. The number of ketones is 1. The van der Waals surface area contributed by atoms with Crippen molar-refractivity contribution < 1.29 is 19.3 Å². The van der Waals surface area contributed by atoms with Gasteiger partial charge in [0.2, 0.25) is 5.79 Å². The Labute approximate surface area is 101 Å². The van der Waals surface area contributed by atoms with Crippen LogP contribution in [0.2, 0.25) is 0 Å². The van der Waals surface area contributed by atoms with Gasteiger partial charge in [-0.3, -0.25) is 4.79 Å². The van der Waals surface area contributed by atoms with E-state index in [9.17, 15) is 4.79 Å². The van der Waals surface area contributed by atoms with Crippen LogP contribution in [0.4, 0.5) is 0 Å². The van der Waals surface area contributed by atoms with Crippen molar-refractivity contribution >= 4 is 5.78 Å². The quantitative estimate of drug-likeness (QED) is 0.606. The number of hydrogen-bond acceptors (Lipinski definition) is 4. The normalized spacial score (nSPS) is 42.0. The van der Waals surface area contributed by atoms with E-state index in [4.69, 9.17) is 14.5 Å². The summed E-state index contributed by atoms with van der Waals surface area (Å²) in [5.74, 6) is -0.873. The van der Waals surface area contributed by atoms with Crippen LogP contribution in [0.3, 0.4) is 0 Å². The van der Waals surface area contributed by atoms with Gasteiger partial charge in [0.15, 0.2) is 5.78 Å². The number of fused-ring (bicyclic) bond motifs is 2. The second-order valence-electron chi connectivity index (χ2n) is 6.58. The highest BCUT2D eigenvalue weighted by atomic mass is 17.2. The maximum absolute atomic E-state index is 12.2. The van der Waals surface area contributed by atoms with E-state index in [0.717, 1.165) is 0 Å². The van der Waals surface area contributed by atoms with E-state index in [1.165, 1.54) is 0 Å². The minimum Gasteiger partial charge on any atom is -0.334 e. The molecule has 1 saturated heterocycles. The van der Waals surface area contributed by atoms with Gasteiger partial charge in [0.1, 0.15) is 6.10 Å². The molecule has 17 heavy (non-hydrogen) atoms. The van der Waals surface area contributed by atoms with Crippen LogP contribution in [0.15, 0.2) is 11.6 Å².